The van der Waals surface area contributed by atoms with Crippen LogP contribution in [0.15, 0.2) is 0 Å². The van der Waals surface area contributed by atoms with Crippen molar-refractivity contribution in [1.82, 2.24) is 0 Å². The SMILES string of the molecule is OCC1(OO)CCC1. The molecule has 1 fully saturated rings. The minimum absolute atomic E-state index is 0.0660. The fourth-order valence-corrected chi connectivity index (χ4v) is 0.849. The molecule has 0 bridgehead atoms. The predicted octanol–water partition coefficient (Wildman–Crippen LogP) is 0.391. The average Bonchev–Trinajstić information content (AvgIpc) is 1.67. The van der Waals surface area contributed by atoms with Gasteiger partial charge in [-0.2, -0.15) is 0 Å². The molecular weight excluding hydrogens is 108 g/mol. The second kappa shape index (κ2) is 2.01. The summed E-state index contributed by atoms with van der Waals surface area (Å²) >= 11 is 0. The number of aliphatic hydroxyl groups excluding tert-OH is 1. The summed E-state index contributed by atoms with van der Waals surface area (Å²) < 4.78 is 0. The molecule has 0 radical (unpaired) electrons. The zero-order valence-corrected chi connectivity index (χ0v) is 4.63. The molecule has 3 nitrogen and oxygen atoms in total. The van der Waals surface area contributed by atoms with Gasteiger partial charge in [0.2, 0.25) is 0 Å². The van der Waals surface area contributed by atoms with E-state index in [-0.39, 0.29) is 6.61 Å². The summed E-state index contributed by atoms with van der Waals surface area (Å²) in [6.45, 7) is -0.0660. The van der Waals surface area contributed by atoms with E-state index in [2.05, 4.69) is 4.89 Å². The van der Waals surface area contributed by atoms with Crippen molar-refractivity contribution in [1.29, 1.82) is 0 Å². The Morgan fingerprint density at radius 2 is 2.12 bits per heavy atom. The summed E-state index contributed by atoms with van der Waals surface area (Å²) in [5.41, 5.74) is -0.583. The Hall–Kier alpha value is -0.120. The molecule has 1 aliphatic rings. The van der Waals surface area contributed by atoms with Crippen LogP contribution in [0.25, 0.3) is 0 Å². The van der Waals surface area contributed by atoms with Crippen molar-refractivity contribution in [3.05, 3.63) is 0 Å². The highest BCUT2D eigenvalue weighted by atomic mass is 17.1. The minimum atomic E-state index is -0.583. The molecule has 1 saturated carbocycles. The van der Waals surface area contributed by atoms with Gasteiger partial charge in [0.1, 0.15) is 5.60 Å². The third kappa shape index (κ3) is 0.727. The highest BCUT2D eigenvalue weighted by Gasteiger charge is 2.38. The molecular formula is C5H10O3. The summed E-state index contributed by atoms with van der Waals surface area (Å²) in [5, 5.41) is 16.7. The Morgan fingerprint density at radius 3 is 2.12 bits per heavy atom. The fraction of sp³-hybridized carbons (Fsp3) is 1.00. The molecule has 0 atom stereocenters. The third-order valence-electron chi connectivity index (χ3n) is 1.75. The van der Waals surface area contributed by atoms with Crippen molar-refractivity contribution in [2.75, 3.05) is 6.61 Å². The van der Waals surface area contributed by atoms with Crippen molar-refractivity contribution in [3.63, 3.8) is 0 Å². The van der Waals surface area contributed by atoms with Crippen LogP contribution in [0.1, 0.15) is 19.3 Å². The lowest BCUT2D eigenvalue weighted by Crippen LogP contribution is -2.42. The van der Waals surface area contributed by atoms with Crippen LogP contribution in [0.3, 0.4) is 0 Å². The summed E-state index contributed by atoms with van der Waals surface area (Å²) in [4.78, 5) is 4.07. The van der Waals surface area contributed by atoms with Gasteiger partial charge >= 0.3 is 0 Å². The standard InChI is InChI=1S/C5H10O3/c6-4-5(8-7)2-1-3-5/h6-7H,1-4H2. The lowest BCUT2D eigenvalue weighted by atomic mass is 9.81. The van der Waals surface area contributed by atoms with Gasteiger partial charge in [-0.3, -0.25) is 5.26 Å². The monoisotopic (exact) mass is 118 g/mol. The topological polar surface area (TPSA) is 49.7 Å². The van der Waals surface area contributed by atoms with Crippen molar-refractivity contribution in [3.8, 4) is 0 Å². The largest absolute Gasteiger partial charge is 0.393 e. The molecule has 0 aromatic carbocycles. The molecule has 0 saturated heterocycles. The van der Waals surface area contributed by atoms with Gasteiger partial charge in [-0.05, 0) is 19.3 Å². The van der Waals surface area contributed by atoms with E-state index in [1.54, 1.807) is 0 Å². The maximum atomic E-state index is 8.55. The van der Waals surface area contributed by atoms with Crippen LogP contribution >= 0.6 is 0 Å². The van der Waals surface area contributed by atoms with Crippen LogP contribution in [-0.4, -0.2) is 22.6 Å². The van der Waals surface area contributed by atoms with Gasteiger partial charge in [0.15, 0.2) is 0 Å². The lowest BCUT2D eigenvalue weighted by Gasteiger charge is -2.36. The molecule has 48 valence electrons. The first kappa shape index (κ1) is 6.01. The number of hydrogen-bond donors (Lipinski definition) is 2. The van der Waals surface area contributed by atoms with Crippen LogP contribution in [0.4, 0.5) is 0 Å². The molecule has 0 amide bonds. The van der Waals surface area contributed by atoms with Gasteiger partial charge in [0.05, 0.1) is 6.61 Å². The van der Waals surface area contributed by atoms with Gasteiger partial charge < -0.3 is 5.11 Å². The van der Waals surface area contributed by atoms with Gasteiger partial charge in [-0.25, -0.2) is 4.89 Å². The zero-order valence-electron chi connectivity index (χ0n) is 4.63. The zero-order chi connectivity index (χ0) is 6.04. The summed E-state index contributed by atoms with van der Waals surface area (Å²) in [5.74, 6) is 0. The predicted molar refractivity (Wildman–Crippen MR) is 27.4 cm³/mol. The number of rotatable bonds is 2. The van der Waals surface area contributed by atoms with Gasteiger partial charge in [0.25, 0.3) is 0 Å². The molecule has 0 aromatic rings. The molecule has 2 N–H and O–H groups in total. The Kier molecular flexibility index (Phi) is 1.51. The van der Waals surface area contributed by atoms with E-state index < -0.39 is 5.60 Å². The minimum Gasteiger partial charge on any atom is -0.393 e. The molecule has 8 heavy (non-hydrogen) atoms. The van der Waals surface area contributed by atoms with Gasteiger partial charge in [-0.1, -0.05) is 0 Å². The Balaban J connectivity index is 2.33. The van der Waals surface area contributed by atoms with E-state index in [0.717, 1.165) is 19.3 Å². The quantitative estimate of drug-likeness (QED) is 0.407. The van der Waals surface area contributed by atoms with E-state index in [1.807, 2.05) is 0 Å². The van der Waals surface area contributed by atoms with E-state index in [0.29, 0.717) is 0 Å². The maximum absolute atomic E-state index is 8.55. The van der Waals surface area contributed by atoms with Crippen molar-refractivity contribution < 1.29 is 15.3 Å². The van der Waals surface area contributed by atoms with Gasteiger partial charge in [-0.15, -0.1) is 0 Å². The normalized spacial score (nSPS) is 24.8. The van der Waals surface area contributed by atoms with E-state index in [4.69, 9.17) is 10.4 Å². The van der Waals surface area contributed by atoms with Crippen molar-refractivity contribution in [2.45, 2.75) is 24.9 Å². The summed E-state index contributed by atoms with van der Waals surface area (Å²) in [6, 6.07) is 0. The maximum Gasteiger partial charge on any atom is 0.126 e. The van der Waals surface area contributed by atoms with Crippen LogP contribution in [-0.2, 0) is 4.89 Å². The van der Waals surface area contributed by atoms with Gasteiger partial charge in [0, 0.05) is 0 Å². The highest BCUT2D eigenvalue weighted by molar-refractivity contribution is 4.87. The van der Waals surface area contributed by atoms with E-state index in [9.17, 15) is 0 Å². The van der Waals surface area contributed by atoms with Crippen molar-refractivity contribution in [2.24, 2.45) is 0 Å². The Morgan fingerprint density at radius 1 is 1.50 bits per heavy atom. The van der Waals surface area contributed by atoms with Crippen LogP contribution in [0.5, 0.6) is 0 Å². The summed E-state index contributed by atoms with van der Waals surface area (Å²) in [6.07, 6.45) is 2.60. The highest BCUT2D eigenvalue weighted by Crippen LogP contribution is 2.33. The average molecular weight is 118 g/mol. The third-order valence-corrected chi connectivity index (χ3v) is 1.75. The Bertz CT molecular complexity index is 64.2. The first-order valence-corrected chi connectivity index (χ1v) is 2.76. The van der Waals surface area contributed by atoms with E-state index >= 15 is 0 Å². The van der Waals surface area contributed by atoms with Crippen LogP contribution in [0, 0.1) is 0 Å². The van der Waals surface area contributed by atoms with Crippen LogP contribution < -0.4 is 0 Å². The second-order valence-electron chi connectivity index (χ2n) is 2.29. The smallest absolute Gasteiger partial charge is 0.126 e. The molecule has 0 aromatic heterocycles. The first-order chi connectivity index (χ1) is 3.83. The number of aliphatic hydroxyl groups is 1. The molecule has 3 heteroatoms. The molecule has 0 aliphatic heterocycles. The number of hydrogen-bond acceptors (Lipinski definition) is 3. The molecule has 1 rings (SSSR count). The lowest BCUT2D eigenvalue weighted by molar-refractivity contribution is -0.350. The fourth-order valence-electron chi connectivity index (χ4n) is 0.849. The molecule has 1 aliphatic carbocycles. The molecule has 0 unspecified atom stereocenters. The van der Waals surface area contributed by atoms with Crippen molar-refractivity contribution >= 4 is 0 Å². The van der Waals surface area contributed by atoms with Crippen LogP contribution in [0.2, 0.25) is 0 Å². The second-order valence-corrected chi connectivity index (χ2v) is 2.29. The first-order valence-electron chi connectivity index (χ1n) is 2.76. The van der Waals surface area contributed by atoms with E-state index in [1.165, 1.54) is 0 Å². The molecule has 0 spiro atoms. The molecule has 0 heterocycles. The summed E-state index contributed by atoms with van der Waals surface area (Å²) in [7, 11) is 0. The Labute approximate surface area is 47.8 Å².